The molecule has 0 spiro atoms. The minimum Gasteiger partial charge on any atom is -0.491 e. The van der Waals surface area contributed by atoms with E-state index in [-0.39, 0.29) is 0 Å². The summed E-state index contributed by atoms with van der Waals surface area (Å²) in [4.78, 5) is 0. The van der Waals surface area contributed by atoms with Gasteiger partial charge in [0, 0.05) is 26.4 Å². The monoisotopic (exact) mass is 295 g/mol. The highest BCUT2D eigenvalue weighted by Crippen LogP contribution is 2.20. The van der Waals surface area contributed by atoms with E-state index in [4.69, 9.17) is 14.2 Å². The number of benzene rings is 1. The average molecular weight is 295 g/mol. The molecule has 0 radical (unpaired) electrons. The van der Waals surface area contributed by atoms with Crippen molar-refractivity contribution in [3.8, 4) is 5.75 Å². The molecule has 1 N–H and O–H groups in total. The predicted octanol–water partition coefficient (Wildman–Crippen LogP) is 3.18. The Labute approximate surface area is 128 Å². The predicted molar refractivity (Wildman–Crippen MR) is 86.0 cm³/mol. The summed E-state index contributed by atoms with van der Waals surface area (Å²) < 4.78 is 16.1. The summed E-state index contributed by atoms with van der Waals surface area (Å²) in [7, 11) is 1.70. The summed E-state index contributed by atoms with van der Waals surface area (Å²) >= 11 is 0. The fourth-order valence-electron chi connectivity index (χ4n) is 2.17. The zero-order valence-electron chi connectivity index (χ0n) is 13.6. The van der Waals surface area contributed by atoms with Crippen LogP contribution in [0, 0.1) is 0 Å². The van der Waals surface area contributed by atoms with Crippen molar-refractivity contribution in [1.82, 2.24) is 5.32 Å². The van der Waals surface area contributed by atoms with Gasteiger partial charge in [0.05, 0.1) is 6.61 Å². The topological polar surface area (TPSA) is 39.7 Å². The Balaban J connectivity index is 2.24. The van der Waals surface area contributed by atoms with Gasteiger partial charge in [0.1, 0.15) is 12.4 Å². The molecule has 0 bridgehead atoms. The summed E-state index contributed by atoms with van der Waals surface area (Å²) in [5.74, 6) is 0.894. The lowest BCUT2D eigenvalue weighted by molar-refractivity contribution is 0.0806. The number of methoxy groups -OCH3 is 1. The van der Waals surface area contributed by atoms with Crippen LogP contribution in [-0.2, 0) is 9.47 Å². The molecule has 0 heterocycles. The lowest BCUT2D eigenvalue weighted by Gasteiger charge is -2.16. The minimum atomic E-state index is 0.424. The standard InChI is InChI=1S/C17H29NO3/c1-4-17(18-5-2)15-7-9-16(10-8-15)21-14-13-20-12-6-11-19-3/h7-10,17-18H,4-6,11-14H2,1-3H3. The van der Waals surface area contributed by atoms with Gasteiger partial charge in [0.15, 0.2) is 0 Å². The van der Waals surface area contributed by atoms with Gasteiger partial charge in [-0.1, -0.05) is 26.0 Å². The molecule has 1 aromatic carbocycles. The van der Waals surface area contributed by atoms with E-state index in [1.807, 2.05) is 12.1 Å². The summed E-state index contributed by atoms with van der Waals surface area (Å²) in [5.41, 5.74) is 1.31. The fraction of sp³-hybridized carbons (Fsp3) is 0.647. The third-order valence-electron chi connectivity index (χ3n) is 3.27. The van der Waals surface area contributed by atoms with E-state index in [2.05, 4.69) is 31.3 Å². The van der Waals surface area contributed by atoms with Gasteiger partial charge in [0.2, 0.25) is 0 Å². The van der Waals surface area contributed by atoms with Crippen LogP contribution in [-0.4, -0.2) is 40.1 Å². The first-order valence-electron chi connectivity index (χ1n) is 7.84. The van der Waals surface area contributed by atoms with Crippen LogP contribution in [0.2, 0.25) is 0 Å². The molecule has 0 aliphatic heterocycles. The third kappa shape index (κ3) is 7.46. The summed E-state index contributed by atoms with van der Waals surface area (Å²) in [6, 6.07) is 8.74. The van der Waals surface area contributed by atoms with Gasteiger partial charge in [-0.2, -0.15) is 0 Å². The number of hydrogen-bond acceptors (Lipinski definition) is 4. The van der Waals surface area contributed by atoms with Crippen molar-refractivity contribution in [3.05, 3.63) is 29.8 Å². The maximum Gasteiger partial charge on any atom is 0.119 e. The van der Waals surface area contributed by atoms with E-state index < -0.39 is 0 Å². The van der Waals surface area contributed by atoms with Crippen LogP contribution >= 0.6 is 0 Å². The van der Waals surface area contributed by atoms with Crippen molar-refractivity contribution in [2.45, 2.75) is 32.7 Å². The number of nitrogens with one attached hydrogen (secondary N) is 1. The van der Waals surface area contributed by atoms with Crippen LogP contribution < -0.4 is 10.1 Å². The average Bonchev–Trinajstić information content (AvgIpc) is 2.52. The minimum absolute atomic E-state index is 0.424. The van der Waals surface area contributed by atoms with Gasteiger partial charge < -0.3 is 19.5 Å². The second-order valence-electron chi connectivity index (χ2n) is 4.89. The first kappa shape index (κ1) is 18.0. The zero-order valence-corrected chi connectivity index (χ0v) is 13.6. The molecule has 1 rings (SSSR count). The lowest BCUT2D eigenvalue weighted by Crippen LogP contribution is -2.19. The first-order valence-corrected chi connectivity index (χ1v) is 7.84. The molecule has 1 unspecified atom stereocenters. The van der Waals surface area contributed by atoms with Crippen molar-refractivity contribution in [2.24, 2.45) is 0 Å². The molecule has 0 amide bonds. The van der Waals surface area contributed by atoms with Gasteiger partial charge in [0.25, 0.3) is 0 Å². The van der Waals surface area contributed by atoms with E-state index in [0.29, 0.717) is 19.3 Å². The molecule has 1 aromatic rings. The Hall–Kier alpha value is -1.10. The van der Waals surface area contributed by atoms with Crippen molar-refractivity contribution in [2.75, 3.05) is 40.1 Å². The SMILES string of the molecule is CCNC(CC)c1ccc(OCCOCCCOC)cc1. The molecule has 21 heavy (non-hydrogen) atoms. The van der Waals surface area contributed by atoms with Crippen molar-refractivity contribution >= 4 is 0 Å². The summed E-state index contributed by atoms with van der Waals surface area (Å²) in [6.45, 7) is 7.96. The molecule has 0 fully saturated rings. The molecule has 0 aliphatic rings. The van der Waals surface area contributed by atoms with E-state index in [1.54, 1.807) is 7.11 Å². The Kier molecular flexibility index (Phi) is 9.87. The lowest BCUT2D eigenvalue weighted by atomic mass is 10.0. The maximum absolute atomic E-state index is 5.66. The number of rotatable bonds is 12. The van der Waals surface area contributed by atoms with E-state index in [9.17, 15) is 0 Å². The normalized spacial score (nSPS) is 12.3. The van der Waals surface area contributed by atoms with Crippen LogP contribution in [0.15, 0.2) is 24.3 Å². The van der Waals surface area contributed by atoms with Crippen molar-refractivity contribution in [3.63, 3.8) is 0 Å². The highest BCUT2D eigenvalue weighted by molar-refractivity contribution is 5.29. The molecule has 0 aliphatic carbocycles. The van der Waals surface area contributed by atoms with E-state index in [0.717, 1.165) is 38.3 Å². The smallest absolute Gasteiger partial charge is 0.119 e. The second kappa shape index (κ2) is 11.5. The quantitative estimate of drug-likeness (QED) is 0.601. The van der Waals surface area contributed by atoms with E-state index >= 15 is 0 Å². The van der Waals surface area contributed by atoms with Crippen LogP contribution in [0.5, 0.6) is 5.75 Å². The third-order valence-corrected chi connectivity index (χ3v) is 3.27. The van der Waals surface area contributed by atoms with Gasteiger partial charge in [-0.15, -0.1) is 0 Å². The van der Waals surface area contributed by atoms with Gasteiger partial charge in [-0.25, -0.2) is 0 Å². The van der Waals surface area contributed by atoms with Crippen molar-refractivity contribution < 1.29 is 14.2 Å². The molecule has 4 nitrogen and oxygen atoms in total. The van der Waals surface area contributed by atoms with Crippen LogP contribution in [0.4, 0.5) is 0 Å². The molecule has 4 heteroatoms. The van der Waals surface area contributed by atoms with Gasteiger partial charge in [-0.05, 0) is 37.1 Å². The Bertz CT molecular complexity index is 354. The summed E-state index contributed by atoms with van der Waals surface area (Å²) in [6.07, 6.45) is 2.01. The Morgan fingerprint density at radius 3 is 2.38 bits per heavy atom. The zero-order chi connectivity index (χ0) is 15.3. The Morgan fingerprint density at radius 1 is 1.00 bits per heavy atom. The van der Waals surface area contributed by atoms with Crippen LogP contribution in [0.25, 0.3) is 0 Å². The maximum atomic E-state index is 5.66. The Morgan fingerprint density at radius 2 is 1.76 bits per heavy atom. The van der Waals surface area contributed by atoms with Crippen LogP contribution in [0.1, 0.15) is 38.3 Å². The largest absolute Gasteiger partial charge is 0.491 e. The van der Waals surface area contributed by atoms with E-state index in [1.165, 1.54) is 5.56 Å². The molecule has 0 saturated carbocycles. The number of ether oxygens (including phenoxy) is 3. The summed E-state index contributed by atoms with van der Waals surface area (Å²) in [5, 5.41) is 3.47. The molecule has 0 aromatic heterocycles. The number of hydrogen-bond donors (Lipinski definition) is 1. The van der Waals surface area contributed by atoms with Gasteiger partial charge >= 0.3 is 0 Å². The highest BCUT2D eigenvalue weighted by Gasteiger charge is 2.07. The van der Waals surface area contributed by atoms with Gasteiger partial charge in [-0.3, -0.25) is 0 Å². The van der Waals surface area contributed by atoms with Crippen LogP contribution in [0.3, 0.4) is 0 Å². The first-order chi connectivity index (χ1) is 10.3. The second-order valence-corrected chi connectivity index (χ2v) is 4.89. The highest BCUT2D eigenvalue weighted by atomic mass is 16.5. The molecular weight excluding hydrogens is 266 g/mol. The fourth-order valence-corrected chi connectivity index (χ4v) is 2.17. The molecule has 1 atom stereocenters. The molecule has 120 valence electrons. The van der Waals surface area contributed by atoms with Crippen molar-refractivity contribution in [1.29, 1.82) is 0 Å². The molecular formula is C17H29NO3. The molecule has 0 saturated heterocycles.